The highest BCUT2D eigenvalue weighted by Gasteiger charge is 1.88. The Morgan fingerprint density at radius 2 is 2.17 bits per heavy atom. The molecular formula is C10H19NS. The lowest BCUT2D eigenvalue weighted by molar-refractivity contribution is 0.776. The molecule has 0 aromatic rings. The zero-order valence-corrected chi connectivity index (χ0v) is 8.75. The SMILES string of the molecule is C#CCNCCSCCCCC. The molecule has 0 atom stereocenters. The van der Waals surface area contributed by atoms with E-state index < -0.39 is 0 Å². The molecule has 0 aromatic heterocycles. The van der Waals surface area contributed by atoms with Crippen molar-refractivity contribution in [3.05, 3.63) is 0 Å². The fourth-order valence-electron chi connectivity index (χ4n) is 0.861. The Kier molecular flexibility index (Phi) is 10.8. The molecule has 0 aromatic carbocycles. The Morgan fingerprint density at radius 3 is 2.83 bits per heavy atom. The van der Waals surface area contributed by atoms with Crippen LogP contribution in [0, 0.1) is 12.3 Å². The second-order valence-electron chi connectivity index (χ2n) is 2.70. The van der Waals surface area contributed by atoms with Crippen LogP contribution >= 0.6 is 11.8 Å². The van der Waals surface area contributed by atoms with Crippen LogP contribution in [0.1, 0.15) is 26.2 Å². The molecule has 12 heavy (non-hydrogen) atoms. The first-order valence-electron chi connectivity index (χ1n) is 4.63. The third kappa shape index (κ3) is 9.87. The van der Waals surface area contributed by atoms with Crippen molar-refractivity contribution in [1.29, 1.82) is 0 Å². The van der Waals surface area contributed by atoms with Crippen molar-refractivity contribution in [3.8, 4) is 12.3 Å². The van der Waals surface area contributed by atoms with Crippen LogP contribution in [0.4, 0.5) is 0 Å². The molecule has 70 valence electrons. The lowest BCUT2D eigenvalue weighted by atomic mass is 10.3. The first-order chi connectivity index (χ1) is 5.91. The zero-order chi connectivity index (χ0) is 9.07. The first-order valence-corrected chi connectivity index (χ1v) is 5.79. The van der Waals surface area contributed by atoms with Crippen LogP contribution in [0.2, 0.25) is 0 Å². The maximum absolute atomic E-state index is 5.09. The molecule has 0 bridgehead atoms. The number of rotatable bonds is 8. The van der Waals surface area contributed by atoms with Crippen LogP contribution in [-0.2, 0) is 0 Å². The van der Waals surface area contributed by atoms with E-state index >= 15 is 0 Å². The summed E-state index contributed by atoms with van der Waals surface area (Å²) >= 11 is 2.01. The highest BCUT2D eigenvalue weighted by Crippen LogP contribution is 2.04. The fourth-order valence-corrected chi connectivity index (χ4v) is 1.76. The summed E-state index contributed by atoms with van der Waals surface area (Å²) in [5.74, 6) is 5.04. The maximum Gasteiger partial charge on any atom is 0.0574 e. The summed E-state index contributed by atoms with van der Waals surface area (Å²) in [6, 6.07) is 0. The largest absolute Gasteiger partial charge is 0.305 e. The number of thioether (sulfide) groups is 1. The van der Waals surface area contributed by atoms with Crippen LogP contribution in [-0.4, -0.2) is 24.6 Å². The molecule has 0 saturated heterocycles. The third-order valence-corrected chi connectivity index (χ3v) is 2.61. The molecule has 1 nitrogen and oxygen atoms in total. The van der Waals surface area contributed by atoms with Gasteiger partial charge in [-0.05, 0) is 12.2 Å². The van der Waals surface area contributed by atoms with E-state index in [4.69, 9.17) is 6.42 Å². The summed E-state index contributed by atoms with van der Waals surface area (Å²) in [6.45, 7) is 3.98. The molecule has 0 unspecified atom stereocenters. The lowest BCUT2D eigenvalue weighted by Gasteiger charge is -2.00. The van der Waals surface area contributed by atoms with Crippen molar-refractivity contribution < 1.29 is 0 Å². The van der Waals surface area contributed by atoms with E-state index in [2.05, 4.69) is 18.2 Å². The second-order valence-corrected chi connectivity index (χ2v) is 3.93. The minimum Gasteiger partial charge on any atom is -0.305 e. The number of nitrogens with one attached hydrogen (secondary N) is 1. The minimum absolute atomic E-state index is 0.704. The summed E-state index contributed by atoms with van der Waals surface area (Å²) in [5.41, 5.74) is 0. The van der Waals surface area contributed by atoms with Crippen molar-refractivity contribution >= 4 is 11.8 Å². The molecule has 0 heterocycles. The van der Waals surface area contributed by atoms with Crippen LogP contribution in [0.3, 0.4) is 0 Å². The standard InChI is InChI=1S/C10H19NS/c1-3-5-6-9-12-10-8-11-7-4-2/h2,11H,3,5-10H2,1H3. The topological polar surface area (TPSA) is 12.0 Å². The molecule has 2 heteroatoms. The van der Waals surface area contributed by atoms with Gasteiger partial charge in [0.1, 0.15) is 0 Å². The van der Waals surface area contributed by atoms with Crippen molar-refractivity contribution in [2.45, 2.75) is 26.2 Å². The van der Waals surface area contributed by atoms with E-state index in [1.807, 2.05) is 11.8 Å². The number of terminal acetylenes is 1. The Hall–Kier alpha value is -0.130. The van der Waals surface area contributed by atoms with Gasteiger partial charge in [0.2, 0.25) is 0 Å². The molecular weight excluding hydrogens is 166 g/mol. The fraction of sp³-hybridized carbons (Fsp3) is 0.800. The van der Waals surface area contributed by atoms with Gasteiger partial charge in [0.25, 0.3) is 0 Å². The summed E-state index contributed by atoms with van der Waals surface area (Å²) in [4.78, 5) is 0. The van der Waals surface area contributed by atoms with Gasteiger partial charge in [0.05, 0.1) is 6.54 Å². The molecule has 0 radical (unpaired) electrons. The Labute approximate surface area is 80.7 Å². The van der Waals surface area contributed by atoms with Gasteiger partial charge in [-0.1, -0.05) is 25.7 Å². The van der Waals surface area contributed by atoms with E-state index in [9.17, 15) is 0 Å². The maximum atomic E-state index is 5.09. The van der Waals surface area contributed by atoms with E-state index in [1.165, 1.54) is 30.8 Å². The first kappa shape index (κ1) is 11.9. The molecule has 0 aliphatic rings. The molecule has 0 aliphatic heterocycles. The van der Waals surface area contributed by atoms with Gasteiger partial charge in [0, 0.05) is 12.3 Å². The highest BCUT2D eigenvalue weighted by molar-refractivity contribution is 7.99. The van der Waals surface area contributed by atoms with Crippen LogP contribution in [0.5, 0.6) is 0 Å². The van der Waals surface area contributed by atoms with Crippen molar-refractivity contribution in [1.82, 2.24) is 5.32 Å². The van der Waals surface area contributed by atoms with Crippen molar-refractivity contribution in [2.75, 3.05) is 24.6 Å². The van der Waals surface area contributed by atoms with E-state index in [-0.39, 0.29) is 0 Å². The van der Waals surface area contributed by atoms with E-state index in [0.717, 1.165) is 6.54 Å². The Bertz CT molecular complexity index is 117. The predicted octanol–water partition coefficient (Wildman–Crippen LogP) is 2.13. The lowest BCUT2D eigenvalue weighted by Crippen LogP contribution is -2.17. The predicted molar refractivity (Wildman–Crippen MR) is 58.6 cm³/mol. The van der Waals surface area contributed by atoms with Gasteiger partial charge in [0.15, 0.2) is 0 Å². The second kappa shape index (κ2) is 10.9. The molecule has 0 aliphatic carbocycles. The zero-order valence-electron chi connectivity index (χ0n) is 7.94. The van der Waals surface area contributed by atoms with Crippen LogP contribution in [0.15, 0.2) is 0 Å². The normalized spacial score (nSPS) is 9.67. The van der Waals surface area contributed by atoms with Crippen LogP contribution < -0.4 is 5.32 Å². The molecule has 1 N–H and O–H groups in total. The van der Waals surface area contributed by atoms with Crippen molar-refractivity contribution in [2.24, 2.45) is 0 Å². The van der Waals surface area contributed by atoms with Gasteiger partial charge in [-0.25, -0.2) is 0 Å². The minimum atomic E-state index is 0.704. The quantitative estimate of drug-likeness (QED) is 0.459. The highest BCUT2D eigenvalue weighted by atomic mass is 32.2. The van der Waals surface area contributed by atoms with Gasteiger partial charge in [-0.2, -0.15) is 11.8 Å². The Balaban J connectivity index is 2.78. The smallest absolute Gasteiger partial charge is 0.0574 e. The van der Waals surface area contributed by atoms with Gasteiger partial charge < -0.3 is 5.32 Å². The van der Waals surface area contributed by atoms with Gasteiger partial charge >= 0.3 is 0 Å². The van der Waals surface area contributed by atoms with Gasteiger partial charge in [-0.15, -0.1) is 6.42 Å². The molecule has 0 fully saturated rings. The summed E-state index contributed by atoms with van der Waals surface area (Å²) in [6.07, 6.45) is 9.13. The average molecular weight is 185 g/mol. The molecule has 0 amide bonds. The summed E-state index contributed by atoms with van der Waals surface area (Å²) in [7, 11) is 0. The van der Waals surface area contributed by atoms with E-state index in [1.54, 1.807) is 0 Å². The molecule has 0 rings (SSSR count). The monoisotopic (exact) mass is 185 g/mol. The molecule has 0 spiro atoms. The summed E-state index contributed by atoms with van der Waals surface area (Å²) in [5, 5.41) is 3.17. The Morgan fingerprint density at radius 1 is 1.33 bits per heavy atom. The average Bonchev–Trinajstić information content (AvgIpc) is 2.10. The number of unbranched alkanes of at least 4 members (excludes halogenated alkanes) is 2. The van der Waals surface area contributed by atoms with E-state index in [0.29, 0.717) is 6.54 Å². The van der Waals surface area contributed by atoms with Gasteiger partial charge in [-0.3, -0.25) is 0 Å². The van der Waals surface area contributed by atoms with Crippen LogP contribution in [0.25, 0.3) is 0 Å². The van der Waals surface area contributed by atoms with Crippen molar-refractivity contribution in [3.63, 3.8) is 0 Å². The number of hydrogen-bond donors (Lipinski definition) is 1. The third-order valence-electron chi connectivity index (χ3n) is 1.54. The number of hydrogen-bond acceptors (Lipinski definition) is 2. The summed E-state index contributed by atoms with van der Waals surface area (Å²) < 4.78 is 0. The molecule has 0 saturated carbocycles.